The van der Waals surface area contributed by atoms with E-state index in [1.54, 1.807) is 24.4 Å². The molecule has 4 aromatic rings. The molecule has 0 spiro atoms. The lowest BCUT2D eigenvalue weighted by atomic mass is 10.1. The lowest BCUT2D eigenvalue weighted by Crippen LogP contribution is -2.50. The third kappa shape index (κ3) is 5.33. The second-order valence-corrected chi connectivity index (χ2v) is 10.5. The third-order valence-electron chi connectivity index (χ3n) is 7.34. The highest BCUT2D eigenvalue weighted by atomic mass is 35.5. The molecule has 2 aliphatic rings. The fourth-order valence-electron chi connectivity index (χ4n) is 5.17. The summed E-state index contributed by atoms with van der Waals surface area (Å²) in [5, 5.41) is 2.60. The fourth-order valence-corrected chi connectivity index (χ4v) is 5.39. The minimum Gasteiger partial charge on any atom is -0.474 e. The van der Waals surface area contributed by atoms with Gasteiger partial charge in [-0.25, -0.2) is 14.2 Å². The number of halogens is 2. The van der Waals surface area contributed by atoms with Gasteiger partial charge in [-0.2, -0.15) is 0 Å². The van der Waals surface area contributed by atoms with Crippen molar-refractivity contribution in [1.29, 1.82) is 0 Å². The van der Waals surface area contributed by atoms with Crippen LogP contribution in [-0.4, -0.2) is 37.9 Å². The minimum absolute atomic E-state index is 0.104. The summed E-state index contributed by atoms with van der Waals surface area (Å²) in [6.07, 6.45) is 1.87. The van der Waals surface area contributed by atoms with Crippen LogP contribution < -0.4 is 20.5 Å². The SMILES string of the molecule is Cn1c(N2CCC(=O)NC2=O)cnc1-c1ccc2c(c1)CN(Cc1ccc(OCc3c(F)cccc3Cl)[nH]c1=O)C2. The molecular formula is C29H26ClFN6O4. The maximum absolute atomic E-state index is 14.0. The van der Waals surface area contributed by atoms with E-state index in [0.29, 0.717) is 43.4 Å². The van der Waals surface area contributed by atoms with Gasteiger partial charge in [-0.15, -0.1) is 0 Å². The van der Waals surface area contributed by atoms with Crippen LogP contribution >= 0.6 is 11.6 Å². The number of imidazole rings is 1. The Labute approximate surface area is 239 Å². The number of fused-ring (bicyclic) bond motifs is 1. The zero-order valence-electron chi connectivity index (χ0n) is 22.1. The first kappa shape index (κ1) is 26.7. The average molecular weight is 577 g/mol. The van der Waals surface area contributed by atoms with Crippen LogP contribution in [0.2, 0.25) is 5.02 Å². The Morgan fingerprint density at radius 2 is 1.90 bits per heavy atom. The van der Waals surface area contributed by atoms with Crippen molar-refractivity contribution in [3.8, 4) is 17.3 Å². The molecular weight excluding hydrogens is 551 g/mol. The summed E-state index contributed by atoms with van der Waals surface area (Å²) < 4.78 is 21.4. The number of carbonyl (C=O) groups is 2. The van der Waals surface area contributed by atoms with E-state index in [4.69, 9.17) is 16.3 Å². The minimum atomic E-state index is -0.469. The summed E-state index contributed by atoms with van der Waals surface area (Å²) in [5.41, 5.74) is 3.73. The second-order valence-electron chi connectivity index (χ2n) is 10.0. The summed E-state index contributed by atoms with van der Waals surface area (Å²) in [4.78, 5) is 47.5. The molecule has 2 N–H and O–H groups in total. The normalized spacial score (nSPS) is 15.2. The molecule has 12 heteroatoms. The highest BCUT2D eigenvalue weighted by molar-refractivity contribution is 6.31. The number of imide groups is 1. The summed E-state index contributed by atoms with van der Waals surface area (Å²) in [7, 11) is 1.84. The molecule has 0 unspecified atom stereocenters. The molecule has 0 aliphatic carbocycles. The first-order chi connectivity index (χ1) is 19.8. The molecule has 0 bridgehead atoms. The quantitative estimate of drug-likeness (QED) is 0.342. The molecule has 0 saturated carbocycles. The molecule has 2 aromatic carbocycles. The van der Waals surface area contributed by atoms with Gasteiger partial charge in [0.05, 0.1) is 11.2 Å². The van der Waals surface area contributed by atoms with Gasteiger partial charge in [0.15, 0.2) is 5.88 Å². The van der Waals surface area contributed by atoms with Crippen LogP contribution in [0.15, 0.2) is 59.5 Å². The van der Waals surface area contributed by atoms with Crippen LogP contribution in [0.1, 0.15) is 28.7 Å². The Hall–Kier alpha value is -4.48. The molecule has 41 heavy (non-hydrogen) atoms. The van der Waals surface area contributed by atoms with E-state index >= 15 is 0 Å². The van der Waals surface area contributed by atoms with Crippen LogP contribution in [0.5, 0.6) is 5.88 Å². The van der Waals surface area contributed by atoms with Gasteiger partial charge in [-0.3, -0.25) is 29.7 Å². The van der Waals surface area contributed by atoms with E-state index in [0.717, 1.165) is 16.7 Å². The number of benzene rings is 2. The number of hydrogen-bond acceptors (Lipinski definition) is 6. The second kappa shape index (κ2) is 10.8. The van der Waals surface area contributed by atoms with Gasteiger partial charge < -0.3 is 9.30 Å². The molecule has 6 rings (SSSR count). The van der Waals surface area contributed by atoms with Crippen molar-refractivity contribution in [3.05, 3.63) is 98.2 Å². The summed E-state index contributed by atoms with van der Waals surface area (Å²) in [6.45, 7) is 1.98. The fraction of sp³-hybridized carbons (Fsp3) is 0.241. The summed E-state index contributed by atoms with van der Waals surface area (Å²) >= 11 is 6.05. The number of amides is 3. The van der Waals surface area contributed by atoms with Gasteiger partial charge >= 0.3 is 6.03 Å². The number of ether oxygens (including phenoxy) is 1. The van der Waals surface area contributed by atoms with Gasteiger partial charge in [-0.1, -0.05) is 29.8 Å². The molecule has 210 valence electrons. The van der Waals surface area contributed by atoms with Crippen LogP contribution in [0.4, 0.5) is 15.0 Å². The number of urea groups is 1. The Morgan fingerprint density at radius 1 is 1.07 bits per heavy atom. The molecule has 1 fully saturated rings. The number of pyridine rings is 1. The van der Waals surface area contributed by atoms with Crippen molar-refractivity contribution in [2.24, 2.45) is 7.05 Å². The predicted octanol–water partition coefficient (Wildman–Crippen LogP) is 4.11. The maximum Gasteiger partial charge on any atom is 0.329 e. The highest BCUT2D eigenvalue weighted by Gasteiger charge is 2.28. The van der Waals surface area contributed by atoms with E-state index in [9.17, 15) is 18.8 Å². The monoisotopic (exact) mass is 576 g/mol. The lowest BCUT2D eigenvalue weighted by Gasteiger charge is -2.26. The highest BCUT2D eigenvalue weighted by Crippen LogP contribution is 2.31. The molecule has 1 saturated heterocycles. The Morgan fingerprint density at radius 3 is 2.68 bits per heavy atom. The van der Waals surface area contributed by atoms with Gasteiger partial charge in [0.2, 0.25) is 5.91 Å². The van der Waals surface area contributed by atoms with E-state index in [-0.39, 0.29) is 41.0 Å². The lowest BCUT2D eigenvalue weighted by molar-refractivity contribution is -0.120. The number of carbonyl (C=O) groups excluding carboxylic acids is 2. The Balaban J connectivity index is 1.12. The van der Waals surface area contributed by atoms with Crippen molar-refractivity contribution in [2.75, 3.05) is 11.4 Å². The van der Waals surface area contributed by atoms with Gasteiger partial charge in [0.1, 0.15) is 24.1 Å². The van der Waals surface area contributed by atoms with Crippen molar-refractivity contribution in [3.63, 3.8) is 0 Å². The number of nitrogens with zero attached hydrogens (tertiary/aromatic N) is 4. The molecule has 2 aliphatic heterocycles. The Bertz CT molecular complexity index is 1710. The molecule has 0 radical (unpaired) electrons. The number of rotatable bonds is 7. The van der Waals surface area contributed by atoms with Crippen molar-refractivity contribution >= 4 is 29.4 Å². The van der Waals surface area contributed by atoms with Crippen LogP contribution in [0.25, 0.3) is 11.4 Å². The Kier molecular flexibility index (Phi) is 7.06. The average Bonchev–Trinajstić information content (AvgIpc) is 3.52. The van der Waals surface area contributed by atoms with Crippen LogP contribution in [0.3, 0.4) is 0 Å². The maximum atomic E-state index is 14.0. The number of hydrogen-bond donors (Lipinski definition) is 2. The topological polar surface area (TPSA) is 113 Å². The third-order valence-corrected chi connectivity index (χ3v) is 7.69. The van der Waals surface area contributed by atoms with Gasteiger partial charge in [0, 0.05) is 56.3 Å². The predicted molar refractivity (Wildman–Crippen MR) is 150 cm³/mol. The van der Waals surface area contributed by atoms with Gasteiger partial charge in [-0.05, 0) is 41.5 Å². The zero-order valence-corrected chi connectivity index (χ0v) is 22.9. The van der Waals surface area contributed by atoms with E-state index in [1.807, 2.05) is 17.7 Å². The van der Waals surface area contributed by atoms with Crippen molar-refractivity contribution in [2.45, 2.75) is 32.7 Å². The van der Waals surface area contributed by atoms with Crippen molar-refractivity contribution in [1.82, 2.24) is 24.8 Å². The zero-order chi connectivity index (χ0) is 28.7. The van der Waals surface area contributed by atoms with Crippen molar-refractivity contribution < 1.29 is 18.7 Å². The molecule has 10 nitrogen and oxygen atoms in total. The molecule has 0 atom stereocenters. The number of nitrogens with one attached hydrogen (secondary N) is 2. The first-order valence-corrected chi connectivity index (χ1v) is 13.4. The summed E-state index contributed by atoms with van der Waals surface area (Å²) in [6, 6.07) is 13.5. The first-order valence-electron chi connectivity index (χ1n) is 13.0. The molecule has 4 heterocycles. The van der Waals surface area contributed by atoms with E-state index < -0.39 is 11.8 Å². The summed E-state index contributed by atoms with van der Waals surface area (Å²) in [5.74, 6) is 0.790. The molecule has 2 aromatic heterocycles. The smallest absolute Gasteiger partial charge is 0.329 e. The number of aromatic nitrogens is 3. The van der Waals surface area contributed by atoms with Crippen LogP contribution in [0, 0.1) is 5.82 Å². The largest absolute Gasteiger partial charge is 0.474 e. The van der Waals surface area contributed by atoms with Gasteiger partial charge in [0.25, 0.3) is 5.56 Å². The molecule has 3 amide bonds. The van der Waals surface area contributed by atoms with E-state index in [1.165, 1.54) is 17.0 Å². The van der Waals surface area contributed by atoms with E-state index in [2.05, 4.69) is 32.3 Å². The standard InChI is InChI=1S/C29H26ClFN6O4/c1-35-26(37-10-9-24(38)33-29(37)40)12-32-27(35)17-5-6-18-13-36(15-20(18)11-17)14-19-7-8-25(34-28(19)39)41-16-21-22(30)3-2-4-23(21)31/h2-8,11-12H,9-10,13-16H2,1H3,(H,34,39)(H,33,38,40). The number of anilines is 1. The number of H-pyrrole nitrogens is 1. The van der Waals surface area contributed by atoms with Crippen LogP contribution in [-0.2, 0) is 38.1 Å². The number of aromatic amines is 1.